The second kappa shape index (κ2) is 14.5. The lowest BCUT2D eigenvalue weighted by molar-refractivity contribution is -0.147. The Bertz CT molecular complexity index is 1530. The highest BCUT2D eigenvalue weighted by molar-refractivity contribution is 6.31. The molecule has 3 aromatic carbocycles. The largest absolute Gasteiger partial charge is 0.445 e. The van der Waals surface area contributed by atoms with E-state index in [1.165, 1.54) is 11.0 Å². The zero-order valence-electron chi connectivity index (χ0n) is 26.6. The molecule has 0 N–H and O–H groups in total. The number of carbonyl (C=O) groups excluding carboxylic acids is 2. The summed E-state index contributed by atoms with van der Waals surface area (Å²) in [4.78, 5) is 34.8. The summed E-state index contributed by atoms with van der Waals surface area (Å²) in [5.41, 5.74) is 3.55. The predicted molar refractivity (Wildman–Crippen MR) is 177 cm³/mol. The summed E-state index contributed by atoms with van der Waals surface area (Å²) >= 11 is 0. The highest BCUT2D eigenvalue weighted by Gasteiger charge is 2.44. The topological polar surface area (TPSA) is 95.2 Å². The number of carbonyl (C=O) groups is 2. The number of amides is 2. The normalized spacial score (nSPS) is 15.3. The smallest absolute Gasteiger partial charge is 0.410 e. The van der Waals surface area contributed by atoms with E-state index in [0.717, 1.165) is 22.4 Å². The van der Waals surface area contributed by atoms with E-state index in [2.05, 4.69) is 33.4 Å². The molecule has 0 saturated carbocycles. The molecule has 45 heavy (non-hydrogen) atoms. The molecule has 1 heterocycles. The van der Waals surface area contributed by atoms with E-state index in [0.29, 0.717) is 11.3 Å². The monoisotopic (exact) mass is 620 g/mol. The van der Waals surface area contributed by atoms with E-state index >= 15 is 0 Å². The van der Waals surface area contributed by atoms with E-state index in [1.54, 1.807) is 11.0 Å². The lowest BCUT2D eigenvalue weighted by atomic mass is 9.93. The maximum atomic E-state index is 13.7. The third-order valence-electron chi connectivity index (χ3n) is 7.28. The maximum Gasteiger partial charge on any atom is 0.410 e. The number of hydrogen-bond donors (Lipinski definition) is 0. The van der Waals surface area contributed by atoms with Crippen molar-refractivity contribution in [3.63, 3.8) is 0 Å². The molecule has 2 amide bonds. The molecule has 8 nitrogen and oxygen atoms in total. The Labute approximate surface area is 268 Å². The molecule has 1 aliphatic rings. The third kappa shape index (κ3) is 8.78. The first kappa shape index (κ1) is 33.4. The fourth-order valence-corrected chi connectivity index (χ4v) is 5.68. The summed E-state index contributed by atoms with van der Waals surface area (Å²) in [6.45, 7) is 14.3. The fraction of sp³-hybridized carbons (Fsp3) is 0.333. The Kier molecular flexibility index (Phi) is 10.8. The summed E-state index contributed by atoms with van der Waals surface area (Å²) in [5.74, 6) is -0.221. The standard InChI is InChI=1S/C36H40N4O4Si/c1-7-20-43-34(42)39-24-31(36(5,6)44-45-35(2,3)4)40(32(41)25-39)23-26-18-19-29(22-37)30(21-26)38-33(27-14-10-8-11-15-27)28-16-12-9-13-17-28/h7-19,21,31H,1,20,23-25H2,2-6H3/t31-/m1/s1. The molecule has 1 saturated heterocycles. The molecule has 0 unspecified atom stereocenters. The zero-order valence-corrected chi connectivity index (χ0v) is 27.6. The summed E-state index contributed by atoms with van der Waals surface area (Å²) in [7, 11) is 0.180. The summed E-state index contributed by atoms with van der Waals surface area (Å²) < 4.78 is 11.7. The number of nitriles is 1. The average Bonchev–Trinajstić information content (AvgIpc) is 3.03. The van der Waals surface area contributed by atoms with E-state index in [4.69, 9.17) is 14.2 Å². The van der Waals surface area contributed by atoms with Crippen LogP contribution in [0, 0.1) is 11.3 Å². The van der Waals surface area contributed by atoms with Gasteiger partial charge in [0.2, 0.25) is 15.7 Å². The minimum Gasteiger partial charge on any atom is -0.445 e. The van der Waals surface area contributed by atoms with Crippen molar-refractivity contribution in [2.75, 3.05) is 19.7 Å². The maximum absolute atomic E-state index is 13.7. The fourth-order valence-electron chi connectivity index (χ4n) is 4.97. The van der Waals surface area contributed by atoms with Gasteiger partial charge in [-0.15, -0.1) is 0 Å². The van der Waals surface area contributed by atoms with Crippen LogP contribution in [0.3, 0.4) is 0 Å². The highest BCUT2D eigenvalue weighted by Crippen LogP contribution is 2.31. The van der Waals surface area contributed by atoms with E-state index in [1.807, 2.05) is 86.6 Å². The van der Waals surface area contributed by atoms with Crippen molar-refractivity contribution in [1.82, 2.24) is 9.80 Å². The van der Waals surface area contributed by atoms with Crippen LogP contribution in [0.25, 0.3) is 0 Å². The molecular weight excluding hydrogens is 581 g/mol. The zero-order chi connectivity index (χ0) is 32.6. The minimum absolute atomic E-state index is 0.0612. The number of benzene rings is 3. The molecule has 1 fully saturated rings. The van der Waals surface area contributed by atoms with Crippen LogP contribution in [0.15, 0.2) is 96.5 Å². The Hall–Kier alpha value is -4.52. The molecule has 2 radical (unpaired) electrons. The molecule has 0 bridgehead atoms. The third-order valence-corrected chi connectivity index (χ3v) is 8.52. The number of nitrogens with zero attached hydrogens (tertiary/aromatic N) is 4. The van der Waals surface area contributed by atoms with Gasteiger partial charge in [0.25, 0.3) is 0 Å². The Morgan fingerprint density at radius 1 is 1.04 bits per heavy atom. The van der Waals surface area contributed by atoms with Gasteiger partial charge in [0.15, 0.2) is 0 Å². The second-order valence-electron chi connectivity index (χ2n) is 12.5. The SMILES string of the molecule is C=CCOC(=O)N1CC(=O)N(Cc2ccc(C#N)c(N=C(c3ccccc3)c3ccccc3)c2)[C@@H](C(C)(C)O[Si]C(C)(C)C)C1. The molecule has 1 atom stereocenters. The molecule has 232 valence electrons. The summed E-state index contributed by atoms with van der Waals surface area (Å²) in [6, 6.07) is 27.0. The van der Waals surface area contributed by atoms with Gasteiger partial charge in [-0.3, -0.25) is 9.69 Å². The first-order chi connectivity index (χ1) is 21.4. The van der Waals surface area contributed by atoms with E-state index in [9.17, 15) is 14.9 Å². The molecule has 3 aromatic rings. The van der Waals surface area contributed by atoms with Crippen LogP contribution in [-0.2, 0) is 20.5 Å². The van der Waals surface area contributed by atoms with Crippen LogP contribution in [0.1, 0.15) is 56.9 Å². The number of aliphatic imine (C=N–C) groups is 1. The molecule has 4 rings (SSSR count). The number of ether oxygens (including phenoxy) is 1. The summed E-state index contributed by atoms with van der Waals surface area (Å²) in [5, 5.41) is 9.92. The first-order valence-electron chi connectivity index (χ1n) is 14.9. The van der Waals surface area contributed by atoms with Crippen LogP contribution >= 0.6 is 0 Å². The Morgan fingerprint density at radius 2 is 1.67 bits per heavy atom. The summed E-state index contributed by atoms with van der Waals surface area (Å²) in [6.07, 6.45) is 0.933. The first-order valence-corrected chi connectivity index (χ1v) is 15.8. The molecule has 9 heteroatoms. The van der Waals surface area contributed by atoms with Crippen molar-refractivity contribution in [1.29, 1.82) is 5.26 Å². The Morgan fingerprint density at radius 3 is 2.22 bits per heavy atom. The molecule has 1 aliphatic heterocycles. The van der Waals surface area contributed by atoms with Gasteiger partial charge in [-0.1, -0.05) is 100 Å². The van der Waals surface area contributed by atoms with Crippen LogP contribution in [0.5, 0.6) is 0 Å². The van der Waals surface area contributed by atoms with Gasteiger partial charge in [0, 0.05) is 24.2 Å². The van der Waals surface area contributed by atoms with Gasteiger partial charge >= 0.3 is 6.09 Å². The van der Waals surface area contributed by atoms with E-state index in [-0.39, 0.29) is 46.9 Å². The predicted octanol–water partition coefficient (Wildman–Crippen LogP) is 6.70. The second-order valence-corrected chi connectivity index (χ2v) is 14.4. The number of rotatable bonds is 10. The number of hydrogen-bond acceptors (Lipinski definition) is 6. The van der Waals surface area contributed by atoms with Gasteiger partial charge in [-0.05, 0) is 36.6 Å². The number of piperazine rings is 1. The van der Waals surface area contributed by atoms with Crippen LogP contribution in [0.2, 0.25) is 5.04 Å². The lowest BCUT2D eigenvalue weighted by Gasteiger charge is -2.48. The van der Waals surface area contributed by atoms with Crippen LogP contribution in [-0.4, -0.2) is 68.6 Å². The van der Waals surface area contributed by atoms with Gasteiger partial charge in [-0.25, -0.2) is 9.79 Å². The van der Waals surface area contributed by atoms with Crippen molar-refractivity contribution in [2.45, 2.75) is 57.8 Å². The Balaban J connectivity index is 1.72. The molecular formula is C36H40N4O4Si. The molecule has 0 spiro atoms. The van der Waals surface area contributed by atoms with Crippen molar-refractivity contribution < 1.29 is 18.8 Å². The molecule has 0 aliphatic carbocycles. The van der Waals surface area contributed by atoms with Crippen molar-refractivity contribution in [3.05, 3.63) is 114 Å². The van der Waals surface area contributed by atoms with Gasteiger partial charge in [0.1, 0.15) is 19.2 Å². The quantitative estimate of drug-likeness (QED) is 0.143. The van der Waals surface area contributed by atoms with E-state index < -0.39 is 17.7 Å². The van der Waals surface area contributed by atoms with Gasteiger partial charge < -0.3 is 14.1 Å². The van der Waals surface area contributed by atoms with Crippen LogP contribution < -0.4 is 0 Å². The average molecular weight is 621 g/mol. The van der Waals surface area contributed by atoms with Crippen molar-refractivity contribution in [3.8, 4) is 6.07 Å². The van der Waals surface area contributed by atoms with Crippen molar-refractivity contribution >= 4 is 33.2 Å². The minimum atomic E-state index is -0.778. The lowest BCUT2D eigenvalue weighted by Crippen LogP contribution is -2.64. The molecule has 0 aromatic heterocycles. The van der Waals surface area contributed by atoms with Gasteiger partial charge in [-0.2, -0.15) is 5.26 Å². The van der Waals surface area contributed by atoms with Crippen LogP contribution in [0.4, 0.5) is 10.5 Å². The van der Waals surface area contributed by atoms with Crippen molar-refractivity contribution in [2.24, 2.45) is 4.99 Å². The highest BCUT2D eigenvalue weighted by atomic mass is 28.2. The van der Waals surface area contributed by atoms with Gasteiger partial charge in [0.05, 0.1) is 28.6 Å².